The van der Waals surface area contributed by atoms with E-state index in [1.165, 1.54) is 17.7 Å². The number of hydrogen-bond donors (Lipinski definition) is 3. The zero-order chi connectivity index (χ0) is 25.4. The number of fused-ring (bicyclic) bond motifs is 2. The molecule has 0 atom stereocenters. The van der Waals surface area contributed by atoms with Crippen molar-refractivity contribution >= 4 is 27.5 Å². The van der Waals surface area contributed by atoms with Gasteiger partial charge in [-0.3, -0.25) is 10.1 Å². The number of rotatable bonds is 7. The maximum Gasteiger partial charge on any atom is 0.181 e. The van der Waals surface area contributed by atoms with Crippen LogP contribution in [-0.4, -0.2) is 70.4 Å². The van der Waals surface area contributed by atoms with Gasteiger partial charge in [0.2, 0.25) is 0 Å². The minimum absolute atomic E-state index is 0.364. The van der Waals surface area contributed by atoms with Crippen molar-refractivity contribution in [2.24, 2.45) is 0 Å². The van der Waals surface area contributed by atoms with E-state index in [1.807, 2.05) is 43.4 Å². The van der Waals surface area contributed by atoms with Crippen LogP contribution in [0.15, 0.2) is 54.9 Å². The Kier molecular flexibility index (Phi) is 6.15. The van der Waals surface area contributed by atoms with Crippen LogP contribution in [0.3, 0.4) is 0 Å². The molecule has 0 bridgehead atoms. The number of ether oxygens (including phenoxy) is 1. The summed E-state index contributed by atoms with van der Waals surface area (Å²) in [4.78, 5) is 14.7. The minimum Gasteiger partial charge on any atom is -0.492 e. The first-order chi connectivity index (χ1) is 18.0. The standard InChI is InChI=1S/C28H28FN7O/c1-36(2)9-10-37-21-12-18(11-20(29)14-21)26-22-15-25(33-24(22)5-8-31-26)27-23-13-19(16-32-28(23)35-34-27)17-3-6-30-7-4-17/h3,5,8,11-16,30,33H,4,6-7,9-10H2,1-2H3,(H,32,34,35). The second-order valence-electron chi connectivity index (χ2n) is 9.51. The molecule has 0 spiro atoms. The molecule has 0 radical (unpaired) electrons. The quantitative estimate of drug-likeness (QED) is 0.304. The lowest BCUT2D eigenvalue weighted by atomic mass is 10.0. The van der Waals surface area contributed by atoms with Crippen LogP contribution in [0.5, 0.6) is 5.75 Å². The lowest BCUT2D eigenvalue weighted by molar-refractivity contribution is 0.260. The number of aromatic nitrogens is 5. The molecule has 8 nitrogen and oxygen atoms in total. The van der Waals surface area contributed by atoms with Gasteiger partial charge in [0.15, 0.2) is 5.65 Å². The summed E-state index contributed by atoms with van der Waals surface area (Å²) >= 11 is 0. The van der Waals surface area contributed by atoms with Gasteiger partial charge < -0.3 is 19.9 Å². The molecule has 4 aromatic heterocycles. The molecule has 0 aliphatic carbocycles. The molecule has 0 saturated carbocycles. The Morgan fingerprint density at radius 1 is 1.05 bits per heavy atom. The van der Waals surface area contributed by atoms with Gasteiger partial charge in [0.1, 0.15) is 18.2 Å². The molecular weight excluding hydrogens is 469 g/mol. The van der Waals surface area contributed by atoms with E-state index in [4.69, 9.17) is 4.74 Å². The van der Waals surface area contributed by atoms with Crippen LogP contribution >= 0.6 is 0 Å². The molecule has 0 amide bonds. The SMILES string of the molecule is CN(C)CCOc1cc(F)cc(-c2nccc3[nH]c(-c4[nH]nc5ncc(C6=CCNCC6)cc45)cc23)c1. The van der Waals surface area contributed by atoms with Crippen molar-refractivity contribution in [2.45, 2.75) is 6.42 Å². The van der Waals surface area contributed by atoms with Crippen LogP contribution in [-0.2, 0) is 0 Å². The van der Waals surface area contributed by atoms with Crippen molar-refractivity contribution in [2.75, 3.05) is 40.3 Å². The molecule has 9 heteroatoms. The summed E-state index contributed by atoms with van der Waals surface area (Å²) in [6.45, 7) is 3.04. The van der Waals surface area contributed by atoms with Gasteiger partial charge in [-0.25, -0.2) is 9.37 Å². The topological polar surface area (TPSA) is 94.8 Å². The Bertz CT molecular complexity index is 1620. The fraction of sp³-hybridized carbons (Fsp3) is 0.250. The maximum absolute atomic E-state index is 14.5. The van der Waals surface area contributed by atoms with Crippen LogP contribution in [0.2, 0.25) is 0 Å². The molecule has 188 valence electrons. The molecule has 3 N–H and O–H groups in total. The third-order valence-corrected chi connectivity index (χ3v) is 6.61. The van der Waals surface area contributed by atoms with E-state index >= 15 is 0 Å². The van der Waals surface area contributed by atoms with E-state index in [0.29, 0.717) is 29.3 Å². The van der Waals surface area contributed by atoms with Crippen LogP contribution < -0.4 is 10.1 Å². The van der Waals surface area contributed by atoms with Crippen LogP contribution in [0, 0.1) is 5.82 Å². The average molecular weight is 498 g/mol. The van der Waals surface area contributed by atoms with Gasteiger partial charge in [-0.1, -0.05) is 6.08 Å². The summed E-state index contributed by atoms with van der Waals surface area (Å²) < 4.78 is 20.3. The molecular formula is C28H28FN7O. The largest absolute Gasteiger partial charge is 0.492 e. The summed E-state index contributed by atoms with van der Waals surface area (Å²) in [7, 11) is 3.94. The van der Waals surface area contributed by atoms with E-state index in [2.05, 4.69) is 42.6 Å². The number of H-pyrrole nitrogens is 2. The van der Waals surface area contributed by atoms with Crippen molar-refractivity contribution in [3.63, 3.8) is 0 Å². The van der Waals surface area contributed by atoms with E-state index in [0.717, 1.165) is 59.3 Å². The molecule has 5 heterocycles. The monoisotopic (exact) mass is 497 g/mol. The van der Waals surface area contributed by atoms with Crippen LogP contribution in [0.4, 0.5) is 4.39 Å². The summed E-state index contributed by atoms with van der Waals surface area (Å²) in [5.41, 5.74) is 7.01. The molecule has 1 aliphatic rings. The third kappa shape index (κ3) is 4.71. The van der Waals surface area contributed by atoms with Crippen molar-refractivity contribution in [3.8, 4) is 28.4 Å². The number of nitrogens with zero attached hydrogens (tertiary/aromatic N) is 4. The van der Waals surface area contributed by atoms with Crippen LogP contribution in [0.1, 0.15) is 12.0 Å². The molecule has 6 rings (SSSR count). The summed E-state index contributed by atoms with van der Waals surface area (Å²) in [6.07, 6.45) is 6.80. The zero-order valence-electron chi connectivity index (χ0n) is 20.8. The number of halogens is 1. The fourth-order valence-corrected chi connectivity index (χ4v) is 4.71. The lowest BCUT2D eigenvalue weighted by Crippen LogP contribution is -2.20. The first kappa shape index (κ1) is 23.3. The van der Waals surface area contributed by atoms with Crippen LogP contribution in [0.25, 0.3) is 50.2 Å². The molecule has 0 saturated heterocycles. The van der Waals surface area contributed by atoms with E-state index in [-0.39, 0.29) is 5.82 Å². The third-order valence-electron chi connectivity index (χ3n) is 6.61. The molecule has 0 fully saturated rings. The second-order valence-corrected chi connectivity index (χ2v) is 9.51. The summed E-state index contributed by atoms with van der Waals surface area (Å²) in [5.74, 6) is 0.120. The lowest BCUT2D eigenvalue weighted by Gasteiger charge is -2.13. The smallest absolute Gasteiger partial charge is 0.181 e. The highest BCUT2D eigenvalue weighted by Gasteiger charge is 2.17. The van der Waals surface area contributed by atoms with E-state index in [9.17, 15) is 4.39 Å². The van der Waals surface area contributed by atoms with Gasteiger partial charge in [0.25, 0.3) is 0 Å². The first-order valence-corrected chi connectivity index (χ1v) is 12.4. The minimum atomic E-state index is -0.364. The summed E-state index contributed by atoms with van der Waals surface area (Å²) in [6, 6.07) is 10.8. The van der Waals surface area contributed by atoms with E-state index < -0.39 is 0 Å². The average Bonchev–Trinajstić information content (AvgIpc) is 3.52. The van der Waals surface area contributed by atoms with Gasteiger partial charge in [-0.15, -0.1) is 0 Å². The van der Waals surface area contributed by atoms with Crippen molar-refractivity contribution in [1.82, 2.24) is 35.4 Å². The Morgan fingerprint density at radius 2 is 1.97 bits per heavy atom. The predicted octanol–water partition coefficient (Wildman–Crippen LogP) is 4.62. The molecule has 5 aromatic rings. The normalized spacial score (nSPS) is 14.0. The highest BCUT2D eigenvalue weighted by Crippen LogP contribution is 2.35. The molecule has 37 heavy (non-hydrogen) atoms. The highest BCUT2D eigenvalue weighted by atomic mass is 19.1. The number of nitrogens with one attached hydrogen (secondary N) is 3. The number of hydrogen-bond acceptors (Lipinski definition) is 6. The van der Waals surface area contributed by atoms with Gasteiger partial charge in [0.05, 0.1) is 17.1 Å². The molecule has 0 unspecified atom stereocenters. The predicted molar refractivity (Wildman–Crippen MR) is 144 cm³/mol. The van der Waals surface area contributed by atoms with Crippen molar-refractivity contribution < 1.29 is 9.13 Å². The summed E-state index contributed by atoms with van der Waals surface area (Å²) in [5, 5.41) is 12.8. The van der Waals surface area contributed by atoms with Gasteiger partial charge in [-0.2, -0.15) is 5.10 Å². The molecule has 1 aromatic carbocycles. The highest BCUT2D eigenvalue weighted by molar-refractivity contribution is 5.99. The Morgan fingerprint density at radius 3 is 2.81 bits per heavy atom. The fourth-order valence-electron chi connectivity index (χ4n) is 4.71. The van der Waals surface area contributed by atoms with Gasteiger partial charge in [0, 0.05) is 53.4 Å². The number of likely N-dealkylation sites (N-methyl/N-ethyl adjacent to an activating group) is 1. The Hall–Kier alpha value is -4.08. The van der Waals surface area contributed by atoms with Crippen molar-refractivity contribution in [3.05, 3.63) is 66.2 Å². The Balaban J connectivity index is 1.39. The number of pyridine rings is 2. The number of benzene rings is 1. The van der Waals surface area contributed by atoms with Crippen molar-refractivity contribution in [1.29, 1.82) is 0 Å². The first-order valence-electron chi connectivity index (χ1n) is 12.4. The zero-order valence-corrected chi connectivity index (χ0v) is 20.8. The van der Waals surface area contributed by atoms with Gasteiger partial charge >= 0.3 is 0 Å². The maximum atomic E-state index is 14.5. The van der Waals surface area contributed by atoms with Gasteiger partial charge in [-0.05, 0) is 68.5 Å². The molecule has 1 aliphatic heterocycles. The Labute approximate surface area is 213 Å². The number of aromatic amines is 2. The van der Waals surface area contributed by atoms with E-state index in [1.54, 1.807) is 6.20 Å². The second kappa shape index (κ2) is 9.76.